The van der Waals surface area contributed by atoms with Crippen LogP contribution in [0.5, 0.6) is 0 Å². The molecule has 3 heterocycles. The van der Waals surface area contributed by atoms with Crippen LogP contribution in [0.1, 0.15) is 23.8 Å². The van der Waals surface area contributed by atoms with E-state index in [9.17, 15) is 4.79 Å². The van der Waals surface area contributed by atoms with Crippen molar-refractivity contribution in [3.05, 3.63) is 34.8 Å². The fourth-order valence-electron chi connectivity index (χ4n) is 3.16. The standard InChI is InChI=1S/C18H19N5OS2/c1-10-5-6-11-12(8-10)26-17-15(11)16(19)22-18(23-17)25-9-14(24)21-13-4-2-3-7-20-13/h2-4,7,10H,5-6,8-9H2,1H3,(H2,19,22,23)(H,20,21,24)/t10-/m0/s1. The number of amides is 1. The van der Waals surface area contributed by atoms with Gasteiger partial charge in [0.1, 0.15) is 16.5 Å². The fourth-order valence-corrected chi connectivity index (χ4v) is 5.26. The third-order valence-corrected chi connectivity index (χ3v) is 6.42. The van der Waals surface area contributed by atoms with Crippen LogP contribution in [-0.2, 0) is 17.6 Å². The second kappa shape index (κ2) is 7.20. The SMILES string of the molecule is C[C@H]1CCc2c(sc3nc(SCC(=O)Nc4ccccn4)nc(N)c23)C1. The van der Waals surface area contributed by atoms with Crippen molar-refractivity contribution in [1.29, 1.82) is 0 Å². The van der Waals surface area contributed by atoms with E-state index in [-0.39, 0.29) is 11.7 Å². The number of anilines is 2. The molecule has 1 amide bonds. The number of hydrogen-bond acceptors (Lipinski definition) is 7. The predicted octanol–water partition coefficient (Wildman–Crippen LogP) is 3.52. The van der Waals surface area contributed by atoms with Gasteiger partial charge in [-0.1, -0.05) is 24.8 Å². The zero-order valence-corrected chi connectivity index (χ0v) is 16.0. The molecule has 3 N–H and O–H groups in total. The van der Waals surface area contributed by atoms with Crippen LogP contribution in [0, 0.1) is 5.92 Å². The van der Waals surface area contributed by atoms with Crippen LogP contribution in [-0.4, -0.2) is 26.6 Å². The molecule has 6 nitrogen and oxygen atoms in total. The Morgan fingerprint density at radius 2 is 2.31 bits per heavy atom. The van der Waals surface area contributed by atoms with Crippen molar-refractivity contribution >= 4 is 50.9 Å². The van der Waals surface area contributed by atoms with Crippen molar-refractivity contribution in [2.45, 2.75) is 31.3 Å². The highest BCUT2D eigenvalue weighted by Crippen LogP contribution is 2.39. The summed E-state index contributed by atoms with van der Waals surface area (Å²) in [6.45, 7) is 2.28. The maximum absolute atomic E-state index is 12.1. The van der Waals surface area contributed by atoms with Gasteiger partial charge >= 0.3 is 0 Å². The Labute approximate surface area is 159 Å². The number of rotatable bonds is 4. The van der Waals surface area contributed by atoms with Crippen LogP contribution in [0.4, 0.5) is 11.6 Å². The summed E-state index contributed by atoms with van der Waals surface area (Å²) in [5.74, 6) is 1.83. The highest BCUT2D eigenvalue weighted by Gasteiger charge is 2.23. The molecule has 26 heavy (non-hydrogen) atoms. The van der Waals surface area contributed by atoms with Gasteiger partial charge in [-0.2, -0.15) is 0 Å². The van der Waals surface area contributed by atoms with Crippen LogP contribution < -0.4 is 11.1 Å². The van der Waals surface area contributed by atoms with E-state index in [1.807, 2.05) is 6.07 Å². The molecule has 1 aliphatic carbocycles. The van der Waals surface area contributed by atoms with E-state index in [0.717, 1.165) is 23.1 Å². The molecule has 3 aromatic rings. The molecule has 0 radical (unpaired) electrons. The number of nitrogens with one attached hydrogen (secondary N) is 1. The van der Waals surface area contributed by atoms with Crippen molar-refractivity contribution in [1.82, 2.24) is 15.0 Å². The lowest BCUT2D eigenvalue weighted by Crippen LogP contribution is -2.15. The first-order valence-corrected chi connectivity index (χ1v) is 10.3. The summed E-state index contributed by atoms with van der Waals surface area (Å²) in [7, 11) is 0. The minimum Gasteiger partial charge on any atom is -0.383 e. The summed E-state index contributed by atoms with van der Waals surface area (Å²) in [6.07, 6.45) is 4.95. The van der Waals surface area contributed by atoms with E-state index in [1.165, 1.54) is 28.6 Å². The van der Waals surface area contributed by atoms with Gasteiger partial charge in [0.15, 0.2) is 5.16 Å². The highest BCUT2D eigenvalue weighted by molar-refractivity contribution is 7.99. The number of fused-ring (bicyclic) bond motifs is 3. The molecule has 0 unspecified atom stereocenters. The van der Waals surface area contributed by atoms with Crippen molar-refractivity contribution in [3.63, 3.8) is 0 Å². The number of thiophene rings is 1. The lowest BCUT2D eigenvalue weighted by atomic mass is 9.89. The van der Waals surface area contributed by atoms with Crippen LogP contribution in [0.25, 0.3) is 10.2 Å². The Bertz CT molecular complexity index is 957. The third-order valence-electron chi connectivity index (χ3n) is 4.43. The fraction of sp³-hybridized carbons (Fsp3) is 0.333. The smallest absolute Gasteiger partial charge is 0.236 e. The summed E-state index contributed by atoms with van der Waals surface area (Å²) in [5, 5.41) is 4.31. The molecule has 0 aliphatic heterocycles. The van der Waals surface area contributed by atoms with Gasteiger partial charge in [0.25, 0.3) is 0 Å². The Morgan fingerprint density at radius 1 is 1.42 bits per heavy atom. The summed E-state index contributed by atoms with van der Waals surface area (Å²) in [6, 6.07) is 5.38. The van der Waals surface area contributed by atoms with Crippen LogP contribution in [0.3, 0.4) is 0 Å². The molecular weight excluding hydrogens is 366 g/mol. The van der Waals surface area contributed by atoms with Gasteiger partial charge < -0.3 is 11.1 Å². The largest absolute Gasteiger partial charge is 0.383 e. The van der Waals surface area contributed by atoms with Gasteiger partial charge in [-0.05, 0) is 42.9 Å². The highest BCUT2D eigenvalue weighted by atomic mass is 32.2. The molecule has 0 spiro atoms. The van der Waals surface area contributed by atoms with Gasteiger partial charge in [0.05, 0.1) is 11.1 Å². The van der Waals surface area contributed by atoms with Crippen LogP contribution in [0.15, 0.2) is 29.6 Å². The lowest BCUT2D eigenvalue weighted by Gasteiger charge is -2.17. The normalized spacial score (nSPS) is 16.4. The van der Waals surface area contributed by atoms with Crippen LogP contribution in [0.2, 0.25) is 0 Å². The van der Waals surface area contributed by atoms with E-state index in [4.69, 9.17) is 5.73 Å². The second-order valence-electron chi connectivity index (χ2n) is 6.48. The van der Waals surface area contributed by atoms with Crippen LogP contribution >= 0.6 is 23.1 Å². The molecule has 8 heteroatoms. The lowest BCUT2D eigenvalue weighted by molar-refractivity contribution is -0.113. The number of carbonyl (C=O) groups is 1. The summed E-state index contributed by atoms with van der Waals surface area (Å²) in [4.78, 5) is 27.5. The first-order valence-electron chi connectivity index (χ1n) is 8.51. The van der Waals surface area contributed by atoms with E-state index < -0.39 is 0 Å². The Kier molecular flexibility index (Phi) is 4.78. The zero-order chi connectivity index (χ0) is 18.1. The zero-order valence-electron chi connectivity index (χ0n) is 14.4. The van der Waals surface area contributed by atoms with Gasteiger partial charge in [-0.15, -0.1) is 11.3 Å². The minimum absolute atomic E-state index is 0.143. The Balaban J connectivity index is 1.50. The first-order chi connectivity index (χ1) is 12.6. The quantitative estimate of drug-likeness (QED) is 0.527. The number of nitrogens with two attached hydrogens (primary N) is 1. The van der Waals surface area contributed by atoms with Crippen molar-refractivity contribution in [3.8, 4) is 0 Å². The molecule has 134 valence electrons. The maximum atomic E-state index is 12.1. The van der Waals surface area contributed by atoms with Crippen molar-refractivity contribution < 1.29 is 4.79 Å². The molecule has 0 saturated heterocycles. The number of hydrogen-bond donors (Lipinski definition) is 2. The molecule has 3 aromatic heterocycles. The molecule has 4 rings (SSSR count). The topological polar surface area (TPSA) is 93.8 Å². The molecule has 1 aliphatic rings. The van der Waals surface area contributed by atoms with Gasteiger partial charge in [0, 0.05) is 11.1 Å². The Morgan fingerprint density at radius 3 is 3.12 bits per heavy atom. The average molecular weight is 386 g/mol. The molecule has 0 fully saturated rings. The molecule has 0 saturated carbocycles. The van der Waals surface area contributed by atoms with E-state index >= 15 is 0 Å². The minimum atomic E-state index is -0.143. The second-order valence-corrected chi connectivity index (χ2v) is 8.50. The number of aryl methyl sites for hydroxylation is 1. The predicted molar refractivity (Wildman–Crippen MR) is 107 cm³/mol. The number of carbonyl (C=O) groups excluding carboxylic acids is 1. The third kappa shape index (κ3) is 3.52. The van der Waals surface area contributed by atoms with Gasteiger partial charge in [-0.3, -0.25) is 4.79 Å². The maximum Gasteiger partial charge on any atom is 0.236 e. The first kappa shape index (κ1) is 17.2. The molecule has 0 bridgehead atoms. The van der Waals surface area contributed by atoms with Crippen molar-refractivity contribution in [2.75, 3.05) is 16.8 Å². The Hall–Kier alpha value is -2.19. The molecule has 1 atom stereocenters. The van der Waals surface area contributed by atoms with E-state index in [1.54, 1.807) is 29.7 Å². The summed E-state index contributed by atoms with van der Waals surface area (Å²) >= 11 is 3.00. The van der Waals surface area contributed by atoms with E-state index in [0.29, 0.717) is 22.7 Å². The van der Waals surface area contributed by atoms with Crippen molar-refractivity contribution in [2.24, 2.45) is 5.92 Å². The number of pyridine rings is 1. The summed E-state index contributed by atoms with van der Waals surface area (Å²) in [5.41, 5.74) is 7.55. The van der Waals surface area contributed by atoms with Gasteiger partial charge in [-0.25, -0.2) is 15.0 Å². The number of aromatic nitrogens is 3. The average Bonchev–Trinajstić information content (AvgIpc) is 2.98. The monoisotopic (exact) mass is 385 g/mol. The summed E-state index contributed by atoms with van der Waals surface area (Å²) < 4.78 is 0. The number of nitrogens with zero attached hydrogens (tertiary/aromatic N) is 3. The van der Waals surface area contributed by atoms with E-state index in [2.05, 4.69) is 27.2 Å². The number of thioether (sulfide) groups is 1. The van der Waals surface area contributed by atoms with Gasteiger partial charge in [0.2, 0.25) is 5.91 Å². The number of nitrogen functional groups attached to an aromatic ring is 1. The molecule has 0 aromatic carbocycles. The molecular formula is C18H19N5OS2.